The Morgan fingerprint density at radius 3 is 2.64 bits per heavy atom. The van der Waals surface area contributed by atoms with Crippen LogP contribution in [0.15, 0.2) is 23.1 Å². The number of aryl methyl sites for hydroxylation is 1. The summed E-state index contributed by atoms with van der Waals surface area (Å²) in [6, 6.07) is 4.92. The van der Waals surface area contributed by atoms with Crippen molar-refractivity contribution in [3.8, 4) is 0 Å². The van der Waals surface area contributed by atoms with Crippen LogP contribution in [0.3, 0.4) is 0 Å². The minimum atomic E-state index is -3.57. The summed E-state index contributed by atoms with van der Waals surface area (Å²) in [5.74, 6) is 0.616. The van der Waals surface area contributed by atoms with Crippen molar-refractivity contribution >= 4 is 21.6 Å². The van der Waals surface area contributed by atoms with Gasteiger partial charge in [-0.2, -0.15) is 4.31 Å². The molecule has 8 heteroatoms. The zero-order valence-corrected chi connectivity index (χ0v) is 17.5. The van der Waals surface area contributed by atoms with Gasteiger partial charge in [0.2, 0.25) is 10.0 Å². The van der Waals surface area contributed by atoms with E-state index in [9.17, 15) is 13.2 Å². The van der Waals surface area contributed by atoms with E-state index in [-0.39, 0.29) is 10.8 Å². The molecule has 1 aromatic carbocycles. The molecule has 0 unspecified atom stereocenters. The highest BCUT2D eigenvalue weighted by atomic mass is 32.2. The van der Waals surface area contributed by atoms with Crippen LogP contribution in [-0.2, 0) is 19.6 Å². The quantitative estimate of drug-likeness (QED) is 0.704. The molecule has 0 atom stereocenters. The number of hydrogen-bond donors (Lipinski definition) is 2. The predicted molar refractivity (Wildman–Crippen MR) is 108 cm³/mol. The maximum atomic E-state index is 12.8. The van der Waals surface area contributed by atoms with Gasteiger partial charge < -0.3 is 15.4 Å². The number of sulfonamides is 1. The Morgan fingerprint density at radius 1 is 1.21 bits per heavy atom. The number of rotatable bonds is 7. The number of nitrogens with zero attached hydrogens (tertiary/aromatic N) is 1. The third kappa shape index (κ3) is 5.53. The van der Waals surface area contributed by atoms with Crippen molar-refractivity contribution in [1.82, 2.24) is 4.31 Å². The summed E-state index contributed by atoms with van der Waals surface area (Å²) in [5, 5.41) is 4.95. The first-order chi connectivity index (χ1) is 13.5. The highest BCUT2D eigenvalue weighted by Crippen LogP contribution is 2.24. The van der Waals surface area contributed by atoms with E-state index in [1.165, 1.54) is 36.4 Å². The van der Waals surface area contributed by atoms with E-state index >= 15 is 0 Å². The summed E-state index contributed by atoms with van der Waals surface area (Å²) < 4.78 is 32.3. The van der Waals surface area contributed by atoms with E-state index in [2.05, 4.69) is 10.6 Å². The van der Waals surface area contributed by atoms with Gasteiger partial charge in [0.15, 0.2) is 6.54 Å². The largest absolute Gasteiger partial charge is 0.379 e. The van der Waals surface area contributed by atoms with Gasteiger partial charge in [-0.15, -0.1) is 0 Å². The summed E-state index contributed by atoms with van der Waals surface area (Å²) in [6.07, 6.45) is 6.46. The molecule has 28 heavy (non-hydrogen) atoms. The number of morpholine rings is 1. The normalized spacial score (nSPS) is 19.5. The highest BCUT2D eigenvalue weighted by Gasteiger charge is 2.27. The number of benzene rings is 1. The SMILES string of the molecule is Cc1ccc(S(=O)(=O)N2CCOCC2)cc1NC(=O)C[NH2+]CC1CCCCC1. The molecule has 1 amide bonds. The van der Waals surface area contributed by atoms with Crippen LogP contribution < -0.4 is 10.6 Å². The average Bonchev–Trinajstić information content (AvgIpc) is 2.71. The molecule has 156 valence electrons. The molecular weight excluding hydrogens is 378 g/mol. The van der Waals surface area contributed by atoms with Crippen LogP contribution in [0.1, 0.15) is 37.7 Å². The molecule has 0 aromatic heterocycles. The van der Waals surface area contributed by atoms with E-state index in [0.29, 0.717) is 44.5 Å². The number of quaternary nitrogens is 1. The summed E-state index contributed by atoms with van der Waals surface area (Å²) in [5.41, 5.74) is 1.41. The number of carbonyl (C=O) groups is 1. The van der Waals surface area contributed by atoms with E-state index in [4.69, 9.17) is 4.74 Å². The molecule has 3 rings (SSSR count). The number of anilines is 1. The number of hydrogen-bond acceptors (Lipinski definition) is 4. The first kappa shape index (κ1) is 21.2. The topological polar surface area (TPSA) is 92.3 Å². The first-order valence-corrected chi connectivity index (χ1v) is 11.7. The standard InChI is InChI=1S/C20H31N3O4S/c1-16-7-8-18(28(25,26)23-9-11-27-12-10-23)13-19(16)22-20(24)15-21-14-17-5-3-2-4-6-17/h7-8,13,17,21H,2-6,9-12,14-15H2,1H3,(H,22,24)/p+1. The molecule has 2 fully saturated rings. The fourth-order valence-corrected chi connectivity index (χ4v) is 5.34. The Morgan fingerprint density at radius 2 is 1.93 bits per heavy atom. The summed E-state index contributed by atoms with van der Waals surface area (Å²) >= 11 is 0. The van der Waals surface area contributed by atoms with Gasteiger partial charge in [-0.25, -0.2) is 8.42 Å². The van der Waals surface area contributed by atoms with E-state index < -0.39 is 10.0 Å². The van der Waals surface area contributed by atoms with Crippen LogP contribution in [0.25, 0.3) is 0 Å². The maximum Gasteiger partial charge on any atom is 0.279 e. The molecule has 0 bridgehead atoms. The molecule has 0 radical (unpaired) electrons. The fourth-order valence-electron chi connectivity index (χ4n) is 3.91. The third-order valence-corrected chi connectivity index (χ3v) is 7.54. The monoisotopic (exact) mass is 410 g/mol. The third-order valence-electron chi connectivity index (χ3n) is 5.65. The minimum absolute atomic E-state index is 0.0974. The zero-order chi connectivity index (χ0) is 20.0. The number of amides is 1. The Bertz CT molecular complexity index is 770. The van der Waals surface area contributed by atoms with Crippen LogP contribution in [0, 0.1) is 12.8 Å². The molecule has 1 saturated heterocycles. The van der Waals surface area contributed by atoms with Crippen LogP contribution in [0.4, 0.5) is 5.69 Å². The minimum Gasteiger partial charge on any atom is -0.379 e. The van der Waals surface area contributed by atoms with Gasteiger partial charge in [0, 0.05) is 24.7 Å². The number of carbonyl (C=O) groups excluding carboxylic acids is 1. The van der Waals surface area contributed by atoms with E-state index in [0.717, 1.165) is 12.1 Å². The van der Waals surface area contributed by atoms with Crippen molar-refractivity contribution in [1.29, 1.82) is 0 Å². The first-order valence-electron chi connectivity index (χ1n) is 10.3. The van der Waals surface area contributed by atoms with Gasteiger partial charge in [-0.1, -0.05) is 25.3 Å². The predicted octanol–water partition coefficient (Wildman–Crippen LogP) is 1.10. The number of nitrogens with two attached hydrogens (primary N) is 1. The van der Waals surface area contributed by atoms with E-state index in [1.807, 2.05) is 6.92 Å². The lowest BCUT2D eigenvalue weighted by Gasteiger charge is -2.26. The zero-order valence-electron chi connectivity index (χ0n) is 16.7. The average molecular weight is 411 g/mol. The van der Waals surface area contributed by atoms with Crippen LogP contribution in [-0.4, -0.2) is 58.0 Å². The number of ether oxygens (including phenoxy) is 1. The Labute approximate surface area is 167 Å². The molecule has 2 aliphatic rings. The Balaban J connectivity index is 1.58. The van der Waals surface area contributed by atoms with Crippen LogP contribution >= 0.6 is 0 Å². The van der Waals surface area contributed by atoms with Gasteiger partial charge in [0.1, 0.15) is 0 Å². The molecule has 1 saturated carbocycles. The molecule has 1 heterocycles. The van der Waals surface area contributed by atoms with Gasteiger partial charge >= 0.3 is 0 Å². The smallest absolute Gasteiger partial charge is 0.279 e. The molecular formula is C20H32N3O4S+. The van der Waals surface area contributed by atoms with Gasteiger partial charge in [0.05, 0.1) is 24.7 Å². The second-order valence-electron chi connectivity index (χ2n) is 7.77. The summed E-state index contributed by atoms with van der Waals surface area (Å²) in [4.78, 5) is 12.6. The van der Waals surface area contributed by atoms with E-state index in [1.54, 1.807) is 18.2 Å². The van der Waals surface area contributed by atoms with Gasteiger partial charge in [0.25, 0.3) is 5.91 Å². The molecule has 1 aliphatic heterocycles. The molecule has 0 spiro atoms. The Kier molecular flexibility index (Phi) is 7.45. The van der Waals surface area contributed by atoms with Crippen LogP contribution in [0.2, 0.25) is 0 Å². The summed E-state index contributed by atoms with van der Waals surface area (Å²) in [7, 11) is -3.57. The van der Waals surface area contributed by atoms with Crippen molar-refractivity contribution in [3.05, 3.63) is 23.8 Å². The van der Waals surface area contributed by atoms with Crippen molar-refractivity contribution in [2.75, 3.05) is 44.7 Å². The maximum absolute atomic E-state index is 12.8. The lowest BCUT2D eigenvalue weighted by atomic mass is 9.89. The van der Waals surface area contributed by atoms with Crippen molar-refractivity contribution in [2.24, 2.45) is 5.92 Å². The van der Waals surface area contributed by atoms with Crippen molar-refractivity contribution < 1.29 is 23.3 Å². The molecule has 7 nitrogen and oxygen atoms in total. The molecule has 3 N–H and O–H groups in total. The van der Waals surface area contributed by atoms with Gasteiger partial charge in [-0.3, -0.25) is 4.79 Å². The second kappa shape index (κ2) is 9.82. The lowest BCUT2D eigenvalue weighted by Crippen LogP contribution is -2.87. The fraction of sp³-hybridized carbons (Fsp3) is 0.650. The van der Waals surface area contributed by atoms with Crippen molar-refractivity contribution in [2.45, 2.75) is 43.9 Å². The molecule has 1 aromatic rings. The van der Waals surface area contributed by atoms with Crippen molar-refractivity contribution in [3.63, 3.8) is 0 Å². The molecule has 1 aliphatic carbocycles. The number of nitrogens with one attached hydrogen (secondary N) is 1. The Hall–Kier alpha value is -1.48. The van der Waals surface area contributed by atoms with Gasteiger partial charge in [-0.05, 0) is 37.5 Å². The van der Waals surface area contributed by atoms with Crippen LogP contribution in [0.5, 0.6) is 0 Å². The highest BCUT2D eigenvalue weighted by molar-refractivity contribution is 7.89. The lowest BCUT2D eigenvalue weighted by molar-refractivity contribution is -0.649. The summed E-state index contributed by atoms with van der Waals surface area (Å²) in [6.45, 7) is 4.74. The second-order valence-corrected chi connectivity index (χ2v) is 9.71.